The van der Waals surface area contributed by atoms with Gasteiger partial charge in [0.05, 0.1) is 0 Å². The first-order valence-electron chi connectivity index (χ1n) is 3.86. The number of rotatable bonds is 0. The SMILES string of the molecule is CC(C)(C)c1ccccc1.OO. The van der Waals surface area contributed by atoms with E-state index < -0.39 is 0 Å². The molecular formula is C10H16O2. The van der Waals surface area contributed by atoms with Crippen molar-refractivity contribution in [2.24, 2.45) is 0 Å². The maximum atomic E-state index is 6.00. The third-order valence-corrected chi connectivity index (χ3v) is 1.64. The lowest BCUT2D eigenvalue weighted by molar-refractivity contribution is -0.176. The largest absolute Gasteiger partial charge is 0.255 e. The highest BCUT2D eigenvalue weighted by molar-refractivity contribution is 5.21. The van der Waals surface area contributed by atoms with E-state index in [0.29, 0.717) is 5.41 Å². The predicted octanol–water partition coefficient (Wildman–Crippen LogP) is 3.00. The quantitative estimate of drug-likeness (QED) is 0.462. The fraction of sp³-hybridized carbons (Fsp3) is 0.400. The second kappa shape index (κ2) is 4.91. The van der Waals surface area contributed by atoms with Gasteiger partial charge in [0.15, 0.2) is 0 Å². The average Bonchev–Trinajstić information content (AvgIpc) is 2.08. The Morgan fingerprint density at radius 1 is 0.917 bits per heavy atom. The Morgan fingerprint density at radius 3 is 1.58 bits per heavy atom. The molecule has 0 saturated heterocycles. The monoisotopic (exact) mass is 168 g/mol. The minimum Gasteiger partial charge on any atom is -0.255 e. The van der Waals surface area contributed by atoms with Gasteiger partial charge in [-0.25, -0.2) is 0 Å². The highest BCUT2D eigenvalue weighted by Gasteiger charge is 2.11. The third-order valence-electron chi connectivity index (χ3n) is 1.64. The molecule has 68 valence electrons. The van der Waals surface area contributed by atoms with Crippen molar-refractivity contribution in [1.29, 1.82) is 0 Å². The number of hydrogen-bond acceptors (Lipinski definition) is 2. The molecule has 1 aromatic carbocycles. The summed E-state index contributed by atoms with van der Waals surface area (Å²) in [7, 11) is 0. The van der Waals surface area contributed by atoms with E-state index in [1.165, 1.54) is 5.56 Å². The van der Waals surface area contributed by atoms with Gasteiger partial charge in [-0.15, -0.1) is 0 Å². The average molecular weight is 168 g/mol. The van der Waals surface area contributed by atoms with Crippen LogP contribution in [0.5, 0.6) is 0 Å². The van der Waals surface area contributed by atoms with Gasteiger partial charge in [-0.1, -0.05) is 51.1 Å². The molecule has 0 heterocycles. The molecule has 0 bridgehead atoms. The Hall–Kier alpha value is -0.860. The smallest absolute Gasteiger partial charge is 0.0132 e. The Balaban J connectivity index is 0.000000561. The van der Waals surface area contributed by atoms with Crippen molar-refractivity contribution in [3.05, 3.63) is 35.9 Å². The van der Waals surface area contributed by atoms with Crippen molar-refractivity contribution in [3.8, 4) is 0 Å². The van der Waals surface area contributed by atoms with Gasteiger partial charge in [0.1, 0.15) is 0 Å². The van der Waals surface area contributed by atoms with Gasteiger partial charge in [0, 0.05) is 0 Å². The molecule has 2 N–H and O–H groups in total. The van der Waals surface area contributed by atoms with Gasteiger partial charge in [0.2, 0.25) is 0 Å². The molecule has 2 heteroatoms. The molecule has 12 heavy (non-hydrogen) atoms. The third kappa shape index (κ3) is 3.51. The van der Waals surface area contributed by atoms with Crippen LogP contribution < -0.4 is 0 Å². The second-order valence-corrected chi connectivity index (χ2v) is 3.62. The summed E-state index contributed by atoms with van der Waals surface area (Å²) >= 11 is 0. The van der Waals surface area contributed by atoms with Crippen LogP contribution in [0.4, 0.5) is 0 Å². The molecule has 0 unspecified atom stereocenters. The predicted molar refractivity (Wildman–Crippen MR) is 50.4 cm³/mol. The summed E-state index contributed by atoms with van der Waals surface area (Å²) in [6.07, 6.45) is 0. The van der Waals surface area contributed by atoms with Gasteiger partial charge in [0.25, 0.3) is 0 Å². The van der Waals surface area contributed by atoms with Crippen LogP contribution in [0.2, 0.25) is 0 Å². The van der Waals surface area contributed by atoms with Crippen LogP contribution in [-0.4, -0.2) is 10.5 Å². The maximum Gasteiger partial charge on any atom is -0.0132 e. The van der Waals surface area contributed by atoms with E-state index in [1.807, 2.05) is 0 Å². The van der Waals surface area contributed by atoms with Gasteiger partial charge in [-0.3, -0.25) is 10.5 Å². The van der Waals surface area contributed by atoms with Crippen LogP contribution >= 0.6 is 0 Å². The molecule has 0 aliphatic carbocycles. The van der Waals surface area contributed by atoms with Crippen LogP contribution in [0.1, 0.15) is 26.3 Å². The molecule has 0 atom stereocenters. The standard InChI is InChI=1S/C10H14.H2O2/c1-10(2,3)9-7-5-4-6-8-9;1-2/h4-8H,1-3H3;1-2H. The maximum absolute atomic E-state index is 6.00. The molecule has 0 amide bonds. The van der Waals surface area contributed by atoms with Crippen molar-refractivity contribution in [1.82, 2.24) is 0 Å². The van der Waals surface area contributed by atoms with E-state index in [2.05, 4.69) is 51.1 Å². The van der Waals surface area contributed by atoms with Crippen molar-refractivity contribution in [3.63, 3.8) is 0 Å². The lowest BCUT2D eigenvalue weighted by Crippen LogP contribution is -2.10. The molecule has 0 fully saturated rings. The number of hydrogen-bond donors (Lipinski definition) is 2. The molecule has 0 radical (unpaired) electrons. The zero-order chi connectivity index (χ0) is 9.61. The summed E-state index contributed by atoms with van der Waals surface area (Å²) in [6, 6.07) is 10.6. The Bertz CT molecular complexity index is 199. The van der Waals surface area contributed by atoms with E-state index in [9.17, 15) is 0 Å². The van der Waals surface area contributed by atoms with E-state index in [-0.39, 0.29) is 0 Å². The summed E-state index contributed by atoms with van der Waals surface area (Å²) in [5.41, 5.74) is 1.69. The normalized spacial score (nSPS) is 10.1. The first kappa shape index (κ1) is 11.1. The zero-order valence-electron chi connectivity index (χ0n) is 7.78. The van der Waals surface area contributed by atoms with Crippen LogP contribution in [0.3, 0.4) is 0 Å². The Morgan fingerprint density at radius 2 is 1.33 bits per heavy atom. The highest BCUT2D eigenvalue weighted by Crippen LogP contribution is 2.20. The first-order chi connectivity index (χ1) is 5.61. The summed E-state index contributed by atoms with van der Waals surface area (Å²) in [4.78, 5) is 0. The highest BCUT2D eigenvalue weighted by atomic mass is 17.0. The minimum atomic E-state index is 0.293. The molecule has 0 aliphatic heterocycles. The van der Waals surface area contributed by atoms with Gasteiger partial charge >= 0.3 is 0 Å². The molecule has 0 aliphatic rings. The summed E-state index contributed by atoms with van der Waals surface area (Å²) in [5.74, 6) is 0. The summed E-state index contributed by atoms with van der Waals surface area (Å²) < 4.78 is 0. The molecule has 1 aromatic rings. The lowest BCUT2D eigenvalue weighted by Gasteiger charge is -2.18. The van der Waals surface area contributed by atoms with Crippen LogP contribution in [0.25, 0.3) is 0 Å². The van der Waals surface area contributed by atoms with Gasteiger partial charge in [-0.05, 0) is 11.0 Å². The van der Waals surface area contributed by atoms with Gasteiger partial charge in [-0.2, -0.15) is 0 Å². The van der Waals surface area contributed by atoms with Crippen molar-refractivity contribution >= 4 is 0 Å². The minimum absolute atomic E-state index is 0.293. The van der Waals surface area contributed by atoms with Crippen molar-refractivity contribution < 1.29 is 10.5 Å². The second-order valence-electron chi connectivity index (χ2n) is 3.62. The molecule has 0 aromatic heterocycles. The number of benzene rings is 1. The van der Waals surface area contributed by atoms with Crippen LogP contribution in [-0.2, 0) is 5.41 Å². The first-order valence-corrected chi connectivity index (χ1v) is 3.86. The van der Waals surface area contributed by atoms with Crippen LogP contribution in [0, 0.1) is 0 Å². The molecule has 0 saturated carbocycles. The van der Waals surface area contributed by atoms with Crippen LogP contribution in [0.15, 0.2) is 30.3 Å². The topological polar surface area (TPSA) is 40.5 Å². The lowest BCUT2D eigenvalue weighted by atomic mass is 9.87. The van der Waals surface area contributed by atoms with E-state index >= 15 is 0 Å². The Kier molecular flexibility index (Phi) is 4.55. The summed E-state index contributed by atoms with van der Waals surface area (Å²) in [6.45, 7) is 6.67. The van der Waals surface area contributed by atoms with E-state index in [1.54, 1.807) is 0 Å². The molecule has 0 spiro atoms. The molecular weight excluding hydrogens is 152 g/mol. The van der Waals surface area contributed by atoms with E-state index in [4.69, 9.17) is 10.5 Å². The fourth-order valence-corrected chi connectivity index (χ4v) is 0.938. The van der Waals surface area contributed by atoms with Crippen molar-refractivity contribution in [2.75, 3.05) is 0 Å². The van der Waals surface area contributed by atoms with Gasteiger partial charge < -0.3 is 0 Å². The molecule has 1 rings (SSSR count). The fourth-order valence-electron chi connectivity index (χ4n) is 0.938. The van der Waals surface area contributed by atoms with Crippen molar-refractivity contribution in [2.45, 2.75) is 26.2 Å². The molecule has 2 nitrogen and oxygen atoms in total. The summed E-state index contributed by atoms with van der Waals surface area (Å²) in [5, 5.41) is 12.0. The Labute approximate surface area is 73.4 Å². The van der Waals surface area contributed by atoms with E-state index in [0.717, 1.165) is 0 Å². The zero-order valence-corrected chi connectivity index (χ0v) is 7.78.